The Morgan fingerprint density at radius 2 is 1.41 bits per heavy atom. The second-order valence-corrected chi connectivity index (χ2v) is 8.22. The van der Waals surface area contributed by atoms with Gasteiger partial charge in [0.2, 0.25) is 0 Å². The number of aromatic nitrogens is 1. The fourth-order valence-corrected chi connectivity index (χ4v) is 2.58. The van der Waals surface area contributed by atoms with Crippen molar-refractivity contribution in [1.29, 1.82) is 0 Å². The maximum absolute atomic E-state index is 10.7. The molecule has 0 fully saturated rings. The fraction of sp³-hybridized carbons (Fsp3) is 0.421. The smallest absolute Gasteiger partial charge is 0.123 e. The zero-order chi connectivity index (χ0) is 16.7. The van der Waals surface area contributed by atoms with Crippen LogP contribution in [-0.4, -0.2) is 10.1 Å². The first-order chi connectivity index (χ1) is 10.00. The summed E-state index contributed by atoms with van der Waals surface area (Å²) in [6.07, 6.45) is 1.65. The van der Waals surface area contributed by atoms with Crippen molar-refractivity contribution in [3.8, 4) is 17.0 Å². The Balaban J connectivity index is 2.73. The average Bonchev–Trinajstić information content (AvgIpc) is 2.37. The molecule has 0 spiro atoms. The number of hydrogen-bond acceptors (Lipinski definition) is 2. The summed E-state index contributed by atoms with van der Waals surface area (Å²) >= 11 is 5.93. The molecule has 0 aliphatic carbocycles. The van der Waals surface area contributed by atoms with E-state index in [-0.39, 0.29) is 10.8 Å². The van der Waals surface area contributed by atoms with Gasteiger partial charge >= 0.3 is 0 Å². The Morgan fingerprint density at radius 1 is 0.909 bits per heavy atom. The van der Waals surface area contributed by atoms with E-state index in [0.717, 1.165) is 22.4 Å². The van der Waals surface area contributed by atoms with Crippen molar-refractivity contribution in [3.63, 3.8) is 0 Å². The average molecular weight is 318 g/mol. The summed E-state index contributed by atoms with van der Waals surface area (Å²) in [5.41, 5.74) is 3.45. The van der Waals surface area contributed by atoms with Gasteiger partial charge in [-0.25, -0.2) is 0 Å². The minimum atomic E-state index is -0.146. The van der Waals surface area contributed by atoms with E-state index in [4.69, 9.17) is 11.6 Å². The number of benzene rings is 1. The number of phenolic OH excluding ortho intramolecular Hbond substituents is 1. The molecule has 1 aromatic carbocycles. The summed E-state index contributed by atoms with van der Waals surface area (Å²) in [7, 11) is 0. The summed E-state index contributed by atoms with van der Waals surface area (Å²) in [5, 5.41) is 11.4. The molecule has 2 rings (SSSR count). The van der Waals surface area contributed by atoms with Crippen LogP contribution in [0.1, 0.15) is 52.7 Å². The van der Waals surface area contributed by atoms with Gasteiger partial charge in [-0.3, -0.25) is 4.98 Å². The minimum absolute atomic E-state index is 0.146. The van der Waals surface area contributed by atoms with Crippen LogP contribution in [0, 0.1) is 0 Å². The van der Waals surface area contributed by atoms with Gasteiger partial charge in [0.05, 0.1) is 10.7 Å². The highest BCUT2D eigenvalue weighted by Gasteiger charge is 2.26. The van der Waals surface area contributed by atoms with E-state index >= 15 is 0 Å². The number of hydrogen-bond donors (Lipinski definition) is 1. The first-order valence-corrected chi connectivity index (χ1v) is 7.88. The largest absolute Gasteiger partial charge is 0.507 e. The number of rotatable bonds is 1. The SMILES string of the molecule is CC(C)(C)c1cc(-c2ccc(Cl)cn2)cc(C(C)(C)C)c1O. The topological polar surface area (TPSA) is 33.1 Å². The lowest BCUT2D eigenvalue weighted by Gasteiger charge is -2.28. The lowest BCUT2D eigenvalue weighted by molar-refractivity contribution is 0.423. The maximum atomic E-state index is 10.7. The van der Waals surface area contributed by atoms with E-state index in [9.17, 15) is 5.11 Å². The van der Waals surface area contributed by atoms with Gasteiger partial charge < -0.3 is 5.11 Å². The molecule has 0 atom stereocenters. The van der Waals surface area contributed by atoms with Crippen molar-refractivity contribution < 1.29 is 5.11 Å². The van der Waals surface area contributed by atoms with Gasteiger partial charge in [-0.1, -0.05) is 53.1 Å². The third-order valence-corrected chi connectivity index (χ3v) is 3.97. The van der Waals surface area contributed by atoms with Crippen molar-refractivity contribution in [2.24, 2.45) is 0 Å². The number of phenols is 1. The Labute approximate surface area is 138 Å². The van der Waals surface area contributed by atoms with E-state index in [0.29, 0.717) is 10.8 Å². The number of nitrogens with zero attached hydrogens (tertiary/aromatic N) is 1. The highest BCUT2D eigenvalue weighted by molar-refractivity contribution is 6.30. The van der Waals surface area contributed by atoms with Gasteiger partial charge in [0.15, 0.2) is 0 Å². The van der Waals surface area contributed by atoms with Crippen LogP contribution in [0.3, 0.4) is 0 Å². The first-order valence-electron chi connectivity index (χ1n) is 7.50. The van der Waals surface area contributed by atoms with E-state index in [1.165, 1.54) is 0 Å². The van der Waals surface area contributed by atoms with Crippen LogP contribution in [0.5, 0.6) is 5.75 Å². The third kappa shape index (κ3) is 3.44. The summed E-state index contributed by atoms with van der Waals surface area (Å²) < 4.78 is 0. The van der Waals surface area contributed by atoms with Crippen LogP contribution >= 0.6 is 11.6 Å². The third-order valence-electron chi connectivity index (χ3n) is 3.75. The van der Waals surface area contributed by atoms with Gasteiger partial charge in [-0.2, -0.15) is 0 Å². The normalized spacial score (nSPS) is 12.5. The van der Waals surface area contributed by atoms with Crippen molar-refractivity contribution in [2.45, 2.75) is 52.4 Å². The predicted octanol–water partition coefficient (Wildman–Crippen LogP) is 5.70. The molecule has 0 saturated carbocycles. The molecule has 1 aromatic heterocycles. The van der Waals surface area contributed by atoms with Crippen LogP contribution in [0.2, 0.25) is 5.02 Å². The molecule has 1 heterocycles. The highest BCUT2D eigenvalue weighted by atomic mass is 35.5. The molecular weight excluding hydrogens is 294 g/mol. The van der Waals surface area contributed by atoms with Crippen LogP contribution < -0.4 is 0 Å². The minimum Gasteiger partial charge on any atom is -0.507 e. The van der Waals surface area contributed by atoms with Gasteiger partial charge in [0, 0.05) is 22.9 Å². The van der Waals surface area contributed by atoms with Crippen LogP contribution in [0.25, 0.3) is 11.3 Å². The molecule has 0 unspecified atom stereocenters. The number of halogens is 1. The van der Waals surface area contributed by atoms with E-state index in [1.54, 1.807) is 6.20 Å². The quantitative estimate of drug-likeness (QED) is 0.731. The lowest BCUT2D eigenvalue weighted by atomic mass is 9.78. The number of pyridine rings is 1. The van der Waals surface area contributed by atoms with Gasteiger partial charge in [0.25, 0.3) is 0 Å². The predicted molar refractivity (Wildman–Crippen MR) is 93.7 cm³/mol. The monoisotopic (exact) mass is 317 g/mol. The summed E-state index contributed by atoms with van der Waals surface area (Å²) in [6.45, 7) is 12.6. The molecule has 0 aliphatic rings. The zero-order valence-corrected chi connectivity index (χ0v) is 14.9. The molecule has 2 aromatic rings. The van der Waals surface area contributed by atoms with Gasteiger partial charge in [-0.05, 0) is 35.1 Å². The second kappa shape index (κ2) is 5.58. The summed E-state index contributed by atoms with van der Waals surface area (Å²) in [5.74, 6) is 0.387. The van der Waals surface area contributed by atoms with E-state index in [2.05, 4.69) is 46.5 Å². The van der Waals surface area contributed by atoms with Crippen molar-refractivity contribution in [1.82, 2.24) is 4.98 Å². The zero-order valence-electron chi connectivity index (χ0n) is 14.2. The molecule has 0 aliphatic heterocycles. The molecule has 118 valence electrons. The standard InChI is InChI=1S/C19H24ClNO/c1-18(2,3)14-9-12(16-8-7-13(20)11-21-16)10-15(17(14)22)19(4,5)6/h7-11,22H,1-6H3. The molecule has 3 heteroatoms. The van der Waals surface area contributed by atoms with E-state index in [1.807, 2.05) is 24.3 Å². The Hall–Kier alpha value is -1.54. The Bertz CT molecular complexity index is 641. The van der Waals surface area contributed by atoms with Crippen molar-refractivity contribution >= 4 is 11.6 Å². The van der Waals surface area contributed by atoms with E-state index < -0.39 is 0 Å². The molecule has 22 heavy (non-hydrogen) atoms. The molecule has 0 bridgehead atoms. The van der Waals surface area contributed by atoms with Gasteiger partial charge in [0.1, 0.15) is 5.75 Å². The van der Waals surface area contributed by atoms with Crippen molar-refractivity contribution in [3.05, 3.63) is 46.6 Å². The molecule has 0 amide bonds. The second-order valence-electron chi connectivity index (χ2n) is 7.78. The molecule has 0 radical (unpaired) electrons. The summed E-state index contributed by atoms with van der Waals surface area (Å²) in [4.78, 5) is 4.41. The van der Waals surface area contributed by atoms with Gasteiger partial charge in [-0.15, -0.1) is 0 Å². The number of aromatic hydroxyl groups is 1. The Kier molecular flexibility index (Phi) is 4.27. The van der Waals surface area contributed by atoms with Crippen LogP contribution in [0.15, 0.2) is 30.5 Å². The van der Waals surface area contributed by atoms with Crippen LogP contribution in [-0.2, 0) is 10.8 Å². The molecule has 0 saturated heterocycles. The lowest BCUT2D eigenvalue weighted by Crippen LogP contribution is -2.17. The van der Waals surface area contributed by atoms with Crippen molar-refractivity contribution in [2.75, 3.05) is 0 Å². The van der Waals surface area contributed by atoms with Crippen LogP contribution in [0.4, 0.5) is 0 Å². The maximum Gasteiger partial charge on any atom is 0.123 e. The Morgan fingerprint density at radius 3 is 1.77 bits per heavy atom. The summed E-state index contributed by atoms with van der Waals surface area (Å²) in [6, 6.07) is 7.81. The molecule has 2 nitrogen and oxygen atoms in total. The first kappa shape index (κ1) is 16.8. The fourth-order valence-electron chi connectivity index (χ4n) is 2.47. The molecule has 1 N–H and O–H groups in total. The molecular formula is C19H24ClNO. The highest BCUT2D eigenvalue weighted by Crippen LogP contribution is 2.41.